The topological polar surface area (TPSA) is 72.2 Å². The van der Waals surface area contributed by atoms with Gasteiger partial charge in [-0.2, -0.15) is 0 Å². The van der Waals surface area contributed by atoms with Crippen molar-refractivity contribution < 1.29 is 8.42 Å². The Balaban J connectivity index is 2.26. The molecule has 0 aliphatic heterocycles. The van der Waals surface area contributed by atoms with Crippen LogP contribution in [-0.2, 0) is 10.0 Å². The second kappa shape index (κ2) is 5.83. The molecule has 2 rings (SSSR count). The van der Waals surface area contributed by atoms with Crippen LogP contribution in [0.1, 0.15) is 25.7 Å². The molecule has 0 heterocycles. The third-order valence-electron chi connectivity index (χ3n) is 3.65. The number of nitrogens with two attached hydrogens (primary N) is 1. The highest BCUT2D eigenvalue weighted by Gasteiger charge is 2.36. The highest BCUT2D eigenvalue weighted by molar-refractivity contribution is 7.98. The fraction of sp³-hybridized carbons (Fsp3) is 0.538. The number of sulfonamides is 1. The van der Waals surface area contributed by atoms with E-state index in [1.165, 1.54) is 11.8 Å². The molecule has 0 bridgehead atoms. The number of hydrogen-bond acceptors (Lipinski definition) is 4. The van der Waals surface area contributed by atoms with Crippen LogP contribution in [0.2, 0.25) is 0 Å². The summed E-state index contributed by atoms with van der Waals surface area (Å²) in [6.07, 6.45) is 5.64. The number of nitrogens with one attached hydrogen (secondary N) is 1. The Morgan fingerprint density at radius 1 is 1.37 bits per heavy atom. The highest BCUT2D eigenvalue weighted by Crippen LogP contribution is 2.30. The van der Waals surface area contributed by atoms with E-state index in [1.54, 1.807) is 18.2 Å². The molecule has 19 heavy (non-hydrogen) atoms. The number of benzene rings is 1. The largest absolute Gasteiger partial charge is 0.329 e. The van der Waals surface area contributed by atoms with E-state index < -0.39 is 15.6 Å². The van der Waals surface area contributed by atoms with Crippen molar-refractivity contribution in [2.75, 3.05) is 12.8 Å². The van der Waals surface area contributed by atoms with Crippen LogP contribution in [0.25, 0.3) is 0 Å². The maximum atomic E-state index is 12.4. The van der Waals surface area contributed by atoms with Crippen LogP contribution in [0, 0.1) is 0 Å². The van der Waals surface area contributed by atoms with Crippen LogP contribution in [0.3, 0.4) is 0 Å². The molecule has 0 amide bonds. The summed E-state index contributed by atoms with van der Waals surface area (Å²) in [5, 5.41) is 0. The fourth-order valence-electron chi connectivity index (χ4n) is 2.51. The van der Waals surface area contributed by atoms with Crippen molar-refractivity contribution >= 4 is 21.8 Å². The van der Waals surface area contributed by atoms with Gasteiger partial charge >= 0.3 is 0 Å². The van der Waals surface area contributed by atoms with Gasteiger partial charge in [-0.3, -0.25) is 0 Å². The zero-order valence-corrected chi connectivity index (χ0v) is 12.7. The van der Waals surface area contributed by atoms with E-state index in [1.807, 2.05) is 12.3 Å². The molecule has 4 nitrogen and oxygen atoms in total. The van der Waals surface area contributed by atoms with Crippen LogP contribution in [0.5, 0.6) is 0 Å². The minimum Gasteiger partial charge on any atom is -0.329 e. The molecule has 0 aromatic heterocycles. The summed E-state index contributed by atoms with van der Waals surface area (Å²) >= 11 is 1.53. The standard InChI is InChI=1S/C13H20N2O2S2/c1-18-11-5-4-6-12(9-11)19(16,17)15-13(10-14)7-2-3-8-13/h4-6,9,15H,2-3,7-8,10,14H2,1H3. The second-order valence-corrected chi connectivity index (χ2v) is 7.54. The molecule has 0 saturated heterocycles. The second-order valence-electron chi connectivity index (χ2n) is 4.98. The summed E-state index contributed by atoms with van der Waals surface area (Å²) in [6, 6.07) is 7.00. The number of hydrogen-bond donors (Lipinski definition) is 2. The van der Waals surface area contributed by atoms with Crippen LogP contribution in [0.15, 0.2) is 34.1 Å². The van der Waals surface area contributed by atoms with Crippen molar-refractivity contribution in [2.24, 2.45) is 5.73 Å². The van der Waals surface area contributed by atoms with Crippen LogP contribution < -0.4 is 10.5 Å². The molecule has 0 radical (unpaired) electrons. The molecule has 6 heteroatoms. The first-order chi connectivity index (χ1) is 9.01. The molecule has 1 aliphatic carbocycles. The lowest BCUT2D eigenvalue weighted by atomic mass is 10.0. The van der Waals surface area contributed by atoms with Gasteiger partial charge in [0.1, 0.15) is 0 Å². The van der Waals surface area contributed by atoms with Gasteiger partial charge in [-0.25, -0.2) is 13.1 Å². The summed E-state index contributed by atoms with van der Waals surface area (Å²) in [5.74, 6) is 0. The molecule has 0 spiro atoms. The van der Waals surface area contributed by atoms with Gasteiger partial charge in [0.15, 0.2) is 0 Å². The minimum atomic E-state index is -3.49. The van der Waals surface area contributed by atoms with Crippen LogP contribution in [0.4, 0.5) is 0 Å². The van der Waals surface area contributed by atoms with Gasteiger partial charge in [0, 0.05) is 17.0 Å². The summed E-state index contributed by atoms with van der Waals surface area (Å²) < 4.78 is 27.7. The van der Waals surface area contributed by atoms with Crippen molar-refractivity contribution in [2.45, 2.75) is 41.0 Å². The van der Waals surface area contributed by atoms with E-state index >= 15 is 0 Å². The van der Waals surface area contributed by atoms with Gasteiger partial charge in [0.25, 0.3) is 0 Å². The molecule has 1 aromatic rings. The minimum absolute atomic E-state index is 0.319. The van der Waals surface area contributed by atoms with Gasteiger partial charge in [-0.05, 0) is 37.3 Å². The van der Waals surface area contributed by atoms with Gasteiger partial charge in [-0.1, -0.05) is 18.9 Å². The van der Waals surface area contributed by atoms with Crippen LogP contribution in [-0.4, -0.2) is 26.8 Å². The Bertz CT molecular complexity index is 537. The Morgan fingerprint density at radius 3 is 2.63 bits per heavy atom. The lowest BCUT2D eigenvalue weighted by Gasteiger charge is -2.28. The lowest BCUT2D eigenvalue weighted by Crippen LogP contribution is -2.51. The fourth-order valence-corrected chi connectivity index (χ4v) is 4.56. The molecule has 1 aliphatic rings. The number of thioether (sulfide) groups is 1. The van der Waals surface area contributed by atoms with Crippen LogP contribution >= 0.6 is 11.8 Å². The smallest absolute Gasteiger partial charge is 0.241 e. The third-order valence-corrected chi connectivity index (χ3v) is 5.96. The molecule has 1 aromatic carbocycles. The average molecular weight is 300 g/mol. The third kappa shape index (κ3) is 3.31. The van der Waals surface area contributed by atoms with Crippen molar-refractivity contribution in [3.63, 3.8) is 0 Å². The Labute approximate surface area is 119 Å². The summed E-state index contributed by atoms with van der Waals surface area (Å²) in [5.41, 5.74) is 5.33. The van der Waals surface area contributed by atoms with Crippen molar-refractivity contribution in [1.82, 2.24) is 4.72 Å². The Hall–Kier alpha value is -0.560. The van der Waals surface area contributed by atoms with E-state index in [9.17, 15) is 8.42 Å². The monoisotopic (exact) mass is 300 g/mol. The first kappa shape index (κ1) is 14.8. The van der Waals surface area contributed by atoms with E-state index in [-0.39, 0.29) is 0 Å². The molecule has 1 fully saturated rings. The predicted molar refractivity (Wildman–Crippen MR) is 78.8 cm³/mol. The molecule has 106 valence electrons. The molecule has 1 saturated carbocycles. The highest BCUT2D eigenvalue weighted by atomic mass is 32.2. The average Bonchev–Trinajstić information content (AvgIpc) is 2.87. The zero-order valence-electron chi connectivity index (χ0n) is 11.1. The summed E-state index contributed by atoms with van der Waals surface area (Å²) in [4.78, 5) is 1.26. The molecule has 0 unspecified atom stereocenters. The first-order valence-corrected chi connectivity index (χ1v) is 9.10. The van der Waals surface area contributed by atoms with Crippen molar-refractivity contribution in [1.29, 1.82) is 0 Å². The maximum Gasteiger partial charge on any atom is 0.241 e. The summed E-state index contributed by atoms with van der Waals surface area (Å²) in [7, 11) is -3.49. The van der Waals surface area contributed by atoms with E-state index in [2.05, 4.69) is 4.72 Å². The van der Waals surface area contributed by atoms with Gasteiger partial charge in [0.05, 0.1) is 4.90 Å². The van der Waals surface area contributed by atoms with Crippen molar-refractivity contribution in [3.05, 3.63) is 24.3 Å². The zero-order chi connectivity index (χ0) is 13.9. The molecule has 0 atom stereocenters. The van der Waals surface area contributed by atoms with E-state index in [4.69, 9.17) is 5.73 Å². The normalized spacial score (nSPS) is 18.6. The molecular formula is C13H20N2O2S2. The van der Waals surface area contributed by atoms with Crippen molar-refractivity contribution in [3.8, 4) is 0 Å². The quantitative estimate of drug-likeness (QED) is 0.815. The maximum absolute atomic E-state index is 12.4. The lowest BCUT2D eigenvalue weighted by molar-refractivity contribution is 0.399. The Kier molecular flexibility index (Phi) is 4.55. The SMILES string of the molecule is CSc1cccc(S(=O)(=O)NC2(CN)CCCC2)c1. The van der Waals surface area contributed by atoms with E-state index in [0.29, 0.717) is 11.4 Å². The first-order valence-electron chi connectivity index (χ1n) is 6.39. The number of rotatable bonds is 5. The van der Waals surface area contributed by atoms with E-state index in [0.717, 1.165) is 30.6 Å². The van der Waals surface area contributed by atoms with Gasteiger partial charge < -0.3 is 5.73 Å². The van der Waals surface area contributed by atoms with Gasteiger partial charge in [-0.15, -0.1) is 11.8 Å². The molecular weight excluding hydrogens is 280 g/mol. The van der Waals surface area contributed by atoms with Gasteiger partial charge in [0.2, 0.25) is 10.0 Å². The Morgan fingerprint density at radius 2 is 2.05 bits per heavy atom. The summed E-state index contributed by atoms with van der Waals surface area (Å²) in [6.45, 7) is 0.356. The molecule has 3 N–H and O–H groups in total. The predicted octanol–water partition coefficient (Wildman–Crippen LogP) is 1.96.